The van der Waals surface area contributed by atoms with Crippen LogP contribution in [-0.4, -0.2) is 34.4 Å². The number of carbonyl (C=O) groups is 3. The Balaban J connectivity index is 1.65. The molecule has 0 spiro atoms. The number of hydrogen-bond donors (Lipinski definition) is 2. The minimum atomic E-state index is -1.19. The number of halogens is 1. The lowest BCUT2D eigenvalue weighted by molar-refractivity contribution is -0.131. The molecular formula is C17H17ClN4O4. The Labute approximate surface area is 154 Å². The van der Waals surface area contributed by atoms with Gasteiger partial charge in [0.15, 0.2) is 5.82 Å². The van der Waals surface area contributed by atoms with Crippen molar-refractivity contribution in [1.29, 1.82) is 0 Å². The Hall–Kier alpha value is -2.87. The molecule has 0 bridgehead atoms. The summed E-state index contributed by atoms with van der Waals surface area (Å²) in [5.74, 6) is 0.0535. The van der Waals surface area contributed by atoms with E-state index in [4.69, 9.17) is 16.1 Å². The lowest BCUT2D eigenvalue weighted by Gasteiger charge is -2.22. The number of carbonyl (C=O) groups excluding carboxylic acids is 3. The second-order valence-electron chi connectivity index (χ2n) is 6.14. The smallest absolute Gasteiger partial charge is 0.325 e. The van der Waals surface area contributed by atoms with Crippen LogP contribution in [0.25, 0.3) is 0 Å². The number of benzene rings is 1. The van der Waals surface area contributed by atoms with Gasteiger partial charge < -0.3 is 15.2 Å². The third kappa shape index (κ3) is 3.41. The quantitative estimate of drug-likeness (QED) is 0.780. The number of nitrogens with one attached hydrogen (secondary N) is 2. The fraction of sp³-hybridized carbons (Fsp3) is 0.294. The van der Waals surface area contributed by atoms with E-state index in [-0.39, 0.29) is 24.7 Å². The lowest BCUT2D eigenvalue weighted by atomic mass is 9.92. The Bertz CT molecular complexity index is 864. The van der Waals surface area contributed by atoms with Crippen LogP contribution in [0.2, 0.25) is 5.02 Å². The van der Waals surface area contributed by atoms with Crippen molar-refractivity contribution in [1.82, 2.24) is 15.4 Å². The second-order valence-corrected chi connectivity index (χ2v) is 6.58. The maximum absolute atomic E-state index is 12.7. The molecule has 2 N–H and O–H groups in total. The number of amides is 4. The summed E-state index contributed by atoms with van der Waals surface area (Å²) in [6, 6.07) is 7.70. The highest BCUT2D eigenvalue weighted by molar-refractivity contribution is 6.30. The molecule has 8 nitrogen and oxygen atoms in total. The largest absolute Gasteiger partial charge is 0.360 e. The summed E-state index contributed by atoms with van der Waals surface area (Å²) >= 11 is 5.87. The van der Waals surface area contributed by atoms with Crippen LogP contribution in [0, 0.1) is 6.92 Å². The van der Waals surface area contributed by atoms with Gasteiger partial charge in [-0.2, -0.15) is 0 Å². The third-order valence-electron chi connectivity index (χ3n) is 4.15. The Morgan fingerprint density at radius 1 is 1.35 bits per heavy atom. The van der Waals surface area contributed by atoms with Crippen molar-refractivity contribution in [3.8, 4) is 0 Å². The average Bonchev–Trinajstić information content (AvgIpc) is 3.08. The molecule has 9 heteroatoms. The molecule has 1 saturated heterocycles. The molecule has 1 unspecified atom stereocenters. The molecular weight excluding hydrogens is 360 g/mol. The van der Waals surface area contributed by atoms with Gasteiger partial charge in [0, 0.05) is 24.1 Å². The van der Waals surface area contributed by atoms with E-state index in [1.165, 1.54) is 0 Å². The van der Waals surface area contributed by atoms with Crippen molar-refractivity contribution < 1.29 is 18.9 Å². The Morgan fingerprint density at radius 2 is 2.04 bits per heavy atom. The number of imide groups is 1. The van der Waals surface area contributed by atoms with E-state index in [1.54, 1.807) is 44.2 Å². The van der Waals surface area contributed by atoms with E-state index >= 15 is 0 Å². The van der Waals surface area contributed by atoms with Gasteiger partial charge >= 0.3 is 6.03 Å². The topological polar surface area (TPSA) is 105 Å². The number of urea groups is 1. The first kappa shape index (κ1) is 17.9. The highest BCUT2D eigenvalue weighted by Gasteiger charge is 2.48. The summed E-state index contributed by atoms with van der Waals surface area (Å²) in [6.07, 6.45) is -0.0538. The highest BCUT2D eigenvalue weighted by atomic mass is 35.5. The Morgan fingerprint density at radius 3 is 2.65 bits per heavy atom. The van der Waals surface area contributed by atoms with Gasteiger partial charge in [0.05, 0.1) is 0 Å². The molecule has 0 aliphatic carbocycles. The molecule has 2 aromatic rings. The number of aryl methyl sites for hydroxylation is 1. The van der Waals surface area contributed by atoms with Crippen LogP contribution in [0.5, 0.6) is 0 Å². The normalized spacial score (nSPS) is 19.6. The zero-order valence-electron chi connectivity index (χ0n) is 14.2. The minimum absolute atomic E-state index is 0.0451. The van der Waals surface area contributed by atoms with Crippen LogP contribution in [0.1, 0.15) is 24.7 Å². The monoisotopic (exact) mass is 376 g/mol. The zero-order chi connectivity index (χ0) is 18.9. The van der Waals surface area contributed by atoms with Gasteiger partial charge in [0.1, 0.15) is 11.3 Å². The first-order valence-electron chi connectivity index (χ1n) is 7.93. The number of rotatable bonds is 5. The fourth-order valence-electron chi connectivity index (χ4n) is 2.72. The molecule has 0 saturated carbocycles. The van der Waals surface area contributed by atoms with Crippen molar-refractivity contribution >= 4 is 35.3 Å². The predicted molar refractivity (Wildman–Crippen MR) is 93.5 cm³/mol. The molecule has 1 aromatic heterocycles. The fourth-order valence-corrected chi connectivity index (χ4v) is 2.85. The van der Waals surface area contributed by atoms with Gasteiger partial charge in [-0.1, -0.05) is 28.9 Å². The number of nitrogens with zero attached hydrogens (tertiary/aromatic N) is 2. The highest BCUT2D eigenvalue weighted by Crippen LogP contribution is 2.29. The number of anilines is 1. The van der Waals surface area contributed by atoms with Gasteiger partial charge in [-0.15, -0.1) is 0 Å². The first-order chi connectivity index (χ1) is 12.3. The van der Waals surface area contributed by atoms with E-state index in [0.29, 0.717) is 16.3 Å². The van der Waals surface area contributed by atoms with Gasteiger partial charge in [-0.25, -0.2) is 4.79 Å². The minimum Gasteiger partial charge on any atom is -0.360 e. The van der Waals surface area contributed by atoms with E-state index in [0.717, 1.165) is 4.90 Å². The van der Waals surface area contributed by atoms with E-state index in [2.05, 4.69) is 15.8 Å². The van der Waals surface area contributed by atoms with Crippen molar-refractivity contribution in [2.45, 2.75) is 25.8 Å². The molecule has 1 fully saturated rings. The van der Waals surface area contributed by atoms with Crippen LogP contribution >= 0.6 is 11.6 Å². The molecule has 1 atom stereocenters. The lowest BCUT2D eigenvalue weighted by Crippen LogP contribution is -2.41. The van der Waals surface area contributed by atoms with Crippen LogP contribution in [0.4, 0.5) is 10.6 Å². The molecule has 2 heterocycles. The zero-order valence-corrected chi connectivity index (χ0v) is 15.0. The van der Waals surface area contributed by atoms with Gasteiger partial charge in [-0.3, -0.25) is 14.5 Å². The molecule has 1 aliphatic heterocycles. The average molecular weight is 377 g/mol. The van der Waals surface area contributed by atoms with Gasteiger partial charge in [0.2, 0.25) is 5.91 Å². The van der Waals surface area contributed by atoms with E-state index in [1.807, 2.05) is 0 Å². The summed E-state index contributed by atoms with van der Waals surface area (Å²) in [5, 5.41) is 9.42. The standard InChI is InChI=1S/C17H17ClN4O4/c1-10-9-13(21-26-10)19-14(23)7-8-22-15(24)17(2,20-16(22)25)11-3-5-12(18)6-4-11/h3-6,9H,7-8H2,1-2H3,(H,20,25)(H,19,21,23). The molecule has 26 heavy (non-hydrogen) atoms. The SMILES string of the molecule is Cc1cc(NC(=O)CCN2C(=O)NC(C)(c3ccc(Cl)cc3)C2=O)no1. The number of aromatic nitrogens is 1. The van der Waals surface area contributed by atoms with Crippen molar-refractivity contribution in [3.63, 3.8) is 0 Å². The van der Waals surface area contributed by atoms with Crippen LogP contribution in [0.15, 0.2) is 34.9 Å². The summed E-state index contributed by atoms with van der Waals surface area (Å²) < 4.78 is 4.86. The van der Waals surface area contributed by atoms with Crippen LogP contribution < -0.4 is 10.6 Å². The van der Waals surface area contributed by atoms with Crippen molar-refractivity contribution in [2.24, 2.45) is 0 Å². The summed E-state index contributed by atoms with van der Waals surface area (Å²) in [7, 11) is 0. The van der Waals surface area contributed by atoms with Gasteiger partial charge in [-0.05, 0) is 31.5 Å². The molecule has 0 radical (unpaired) electrons. The Kier molecular flexibility index (Phi) is 4.69. The van der Waals surface area contributed by atoms with Crippen LogP contribution in [-0.2, 0) is 15.1 Å². The third-order valence-corrected chi connectivity index (χ3v) is 4.41. The maximum atomic E-state index is 12.7. The summed E-state index contributed by atoms with van der Waals surface area (Å²) in [6.45, 7) is 3.28. The van der Waals surface area contributed by atoms with Gasteiger partial charge in [0.25, 0.3) is 5.91 Å². The van der Waals surface area contributed by atoms with E-state index in [9.17, 15) is 14.4 Å². The van der Waals surface area contributed by atoms with Crippen LogP contribution in [0.3, 0.4) is 0 Å². The second kappa shape index (κ2) is 6.80. The molecule has 3 rings (SSSR count). The van der Waals surface area contributed by atoms with Crippen molar-refractivity contribution in [2.75, 3.05) is 11.9 Å². The summed E-state index contributed by atoms with van der Waals surface area (Å²) in [4.78, 5) is 38.0. The number of hydrogen-bond acceptors (Lipinski definition) is 5. The molecule has 1 aromatic carbocycles. The molecule has 1 aliphatic rings. The first-order valence-corrected chi connectivity index (χ1v) is 8.31. The molecule has 4 amide bonds. The molecule has 136 valence electrons. The van der Waals surface area contributed by atoms with Crippen molar-refractivity contribution in [3.05, 3.63) is 46.7 Å². The van der Waals surface area contributed by atoms with E-state index < -0.39 is 17.5 Å². The predicted octanol–water partition coefficient (Wildman–Crippen LogP) is 2.43. The summed E-state index contributed by atoms with van der Waals surface area (Å²) in [5.41, 5.74) is -0.577. The maximum Gasteiger partial charge on any atom is 0.325 e.